The van der Waals surface area contributed by atoms with Crippen LogP contribution in [-0.4, -0.2) is 35.0 Å². The van der Waals surface area contributed by atoms with Gasteiger partial charge < -0.3 is 24.8 Å². The summed E-state index contributed by atoms with van der Waals surface area (Å²) in [7, 11) is 1.58. The first-order valence-corrected chi connectivity index (χ1v) is 6.56. The highest BCUT2D eigenvalue weighted by Crippen LogP contribution is 2.35. The zero-order valence-electron chi connectivity index (χ0n) is 11.9. The lowest BCUT2D eigenvalue weighted by atomic mass is 10.1. The van der Waals surface area contributed by atoms with Crippen molar-refractivity contribution in [3.63, 3.8) is 0 Å². The first-order chi connectivity index (χ1) is 10.5. The van der Waals surface area contributed by atoms with Crippen LogP contribution in [0.3, 0.4) is 0 Å². The maximum atomic E-state index is 11.8. The number of rotatable bonds is 5. The second kappa shape index (κ2) is 6.71. The molecule has 0 aliphatic heterocycles. The van der Waals surface area contributed by atoms with E-state index in [-0.39, 0.29) is 12.2 Å². The van der Waals surface area contributed by atoms with E-state index in [1.165, 1.54) is 0 Å². The van der Waals surface area contributed by atoms with Crippen molar-refractivity contribution in [2.45, 2.75) is 6.42 Å². The highest BCUT2D eigenvalue weighted by Gasteiger charge is 2.14. The molecule has 0 spiro atoms. The summed E-state index contributed by atoms with van der Waals surface area (Å²) in [5.74, 6) is -1.78. The number of carbonyl (C=O) groups is 1. The number of aromatic hydroxyl groups is 3. The van der Waals surface area contributed by atoms with Gasteiger partial charge in [0.05, 0.1) is 19.3 Å². The van der Waals surface area contributed by atoms with Crippen molar-refractivity contribution in [1.82, 2.24) is 0 Å². The summed E-state index contributed by atoms with van der Waals surface area (Å²) in [5, 5.41) is 27.9. The van der Waals surface area contributed by atoms with E-state index in [4.69, 9.17) is 9.47 Å². The van der Waals surface area contributed by atoms with Gasteiger partial charge in [-0.15, -0.1) is 0 Å². The molecule has 2 rings (SSSR count). The van der Waals surface area contributed by atoms with Crippen molar-refractivity contribution in [1.29, 1.82) is 0 Å². The predicted octanol–water partition coefficient (Wildman–Crippen LogP) is 2.21. The third kappa shape index (κ3) is 3.60. The standard InChI is InChI=1S/C16H16O6/c1-21-12-4-2-10(3-5-12)6-7-22-16(20)11-8-13(17)15(19)14(18)9-11/h2-5,8-9,17-19H,6-7H2,1H3. The van der Waals surface area contributed by atoms with Crippen LogP contribution in [0.5, 0.6) is 23.0 Å². The Balaban J connectivity index is 1.92. The molecule has 6 heteroatoms. The molecule has 0 aliphatic rings. The van der Waals surface area contributed by atoms with Crippen LogP contribution in [0, 0.1) is 0 Å². The lowest BCUT2D eigenvalue weighted by Crippen LogP contribution is -2.08. The quantitative estimate of drug-likeness (QED) is 0.579. The van der Waals surface area contributed by atoms with E-state index in [2.05, 4.69) is 0 Å². The minimum Gasteiger partial charge on any atom is -0.504 e. The Bertz CT molecular complexity index is 640. The molecule has 0 amide bonds. The Morgan fingerprint density at radius 2 is 1.64 bits per heavy atom. The molecule has 0 unspecified atom stereocenters. The van der Waals surface area contributed by atoms with Crippen LogP contribution < -0.4 is 4.74 Å². The van der Waals surface area contributed by atoms with E-state index < -0.39 is 23.2 Å². The van der Waals surface area contributed by atoms with Gasteiger partial charge in [-0.3, -0.25) is 0 Å². The minimum absolute atomic E-state index is 0.0393. The second-order valence-corrected chi connectivity index (χ2v) is 4.60. The van der Waals surface area contributed by atoms with Gasteiger partial charge in [-0.2, -0.15) is 0 Å². The highest BCUT2D eigenvalue weighted by molar-refractivity contribution is 5.91. The monoisotopic (exact) mass is 304 g/mol. The van der Waals surface area contributed by atoms with E-state index in [1.807, 2.05) is 24.3 Å². The van der Waals surface area contributed by atoms with Crippen molar-refractivity contribution in [2.75, 3.05) is 13.7 Å². The van der Waals surface area contributed by atoms with Gasteiger partial charge >= 0.3 is 5.97 Å². The van der Waals surface area contributed by atoms with Crippen molar-refractivity contribution < 1.29 is 29.6 Å². The molecule has 3 N–H and O–H groups in total. The van der Waals surface area contributed by atoms with E-state index >= 15 is 0 Å². The van der Waals surface area contributed by atoms with Crippen LogP contribution >= 0.6 is 0 Å². The van der Waals surface area contributed by atoms with Crippen LogP contribution in [0.2, 0.25) is 0 Å². The molecule has 2 aromatic carbocycles. The maximum Gasteiger partial charge on any atom is 0.338 e. The number of benzene rings is 2. The predicted molar refractivity (Wildman–Crippen MR) is 78.4 cm³/mol. The molecule has 2 aromatic rings. The average Bonchev–Trinajstić information content (AvgIpc) is 2.52. The molecule has 0 fully saturated rings. The largest absolute Gasteiger partial charge is 0.504 e. The Morgan fingerprint density at radius 3 is 2.18 bits per heavy atom. The lowest BCUT2D eigenvalue weighted by Gasteiger charge is -2.07. The summed E-state index contributed by atoms with van der Waals surface area (Å²) in [4.78, 5) is 11.8. The molecule has 0 heterocycles. The van der Waals surface area contributed by atoms with Gasteiger partial charge in [0.15, 0.2) is 17.2 Å². The molecule has 0 saturated carbocycles. The average molecular weight is 304 g/mol. The molecule has 0 aromatic heterocycles. The first kappa shape index (κ1) is 15.5. The summed E-state index contributed by atoms with van der Waals surface area (Å²) < 4.78 is 10.1. The van der Waals surface area contributed by atoms with Crippen molar-refractivity contribution >= 4 is 5.97 Å². The van der Waals surface area contributed by atoms with Crippen molar-refractivity contribution in [3.05, 3.63) is 47.5 Å². The van der Waals surface area contributed by atoms with E-state index in [0.29, 0.717) is 6.42 Å². The molecule has 0 atom stereocenters. The second-order valence-electron chi connectivity index (χ2n) is 4.60. The highest BCUT2D eigenvalue weighted by atomic mass is 16.5. The minimum atomic E-state index is -0.695. The number of ether oxygens (including phenoxy) is 2. The van der Waals surface area contributed by atoms with Crippen molar-refractivity contribution in [3.8, 4) is 23.0 Å². The number of carbonyl (C=O) groups excluding carboxylic acids is 1. The maximum absolute atomic E-state index is 11.8. The lowest BCUT2D eigenvalue weighted by molar-refractivity contribution is 0.0508. The number of methoxy groups -OCH3 is 1. The molecular formula is C16H16O6. The summed E-state index contributed by atoms with van der Waals surface area (Å²) in [6.07, 6.45) is 0.520. The molecule has 0 bridgehead atoms. The number of phenolic OH excluding ortho intramolecular Hbond substituents is 3. The van der Waals surface area contributed by atoms with E-state index in [0.717, 1.165) is 23.4 Å². The smallest absolute Gasteiger partial charge is 0.338 e. The number of esters is 1. The molecule has 22 heavy (non-hydrogen) atoms. The van der Waals surface area contributed by atoms with Gasteiger partial charge in [0.1, 0.15) is 5.75 Å². The molecule has 6 nitrogen and oxygen atoms in total. The van der Waals surface area contributed by atoms with Gasteiger partial charge in [0.25, 0.3) is 0 Å². The summed E-state index contributed by atoms with van der Waals surface area (Å²) in [5.41, 5.74) is 0.938. The number of hydrogen-bond acceptors (Lipinski definition) is 6. The summed E-state index contributed by atoms with van der Waals surface area (Å²) in [6, 6.07) is 9.42. The number of hydrogen-bond donors (Lipinski definition) is 3. The fourth-order valence-corrected chi connectivity index (χ4v) is 1.86. The number of phenols is 3. The topological polar surface area (TPSA) is 96.2 Å². The Morgan fingerprint density at radius 1 is 1.05 bits per heavy atom. The zero-order valence-corrected chi connectivity index (χ0v) is 11.9. The molecule has 0 aliphatic carbocycles. The summed E-state index contributed by atoms with van der Waals surface area (Å²) >= 11 is 0. The molecule has 116 valence electrons. The Labute approximate surface area is 127 Å². The van der Waals surface area contributed by atoms with E-state index in [1.54, 1.807) is 7.11 Å². The third-order valence-corrected chi connectivity index (χ3v) is 3.09. The van der Waals surface area contributed by atoms with Gasteiger partial charge in [-0.1, -0.05) is 12.1 Å². The van der Waals surface area contributed by atoms with Gasteiger partial charge in [0.2, 0.25) is 0 Å². The normalized spacial score (nSPS) is 10.2. The Kier molecular flexibility index (Phi) is 4.73. The van der Waals surface area contributed by atoms with Crippen LogP contribution in [0.15, 0.2) is 36.4 Å². The van der Waals surface area contributed by atoms with Crippen LogP contribution in [0.25, 0.3) is 0 Å². The third-order valence-electron chi connectivity index (χ3n) is 3.09. The fraction of sp³-hybridized carbons (Fsp3) is 0.188. The van der Waals surface area contributed by atoms with Gasteiger partial charge in [-0.25, -0.2) is 4.79 Å². The van der Waals surface area contributed by atoms with Gasteiger partial charge in [-0.05, 0) is 29.8 Å². The molecular weight excluding hydrogens is 288 g/mol. The molecule has 0 radical (unpaired) electrons. The van der Waals surface area contributed by atoms with Crippen LogP contribution in [0.4, 0.5) is 0 Å². The van der Waals surface area contributed by atoms with Crippen LogP contribution in [0.1, 0.15) is 15.9 Å². The SMILES string of the molecule is COc1ccc(CCOC(=O)c2cc(O)c(O)c(O)c2)cc1. The van der Waals surface area contributed by atoms with Crippen LogP contribution in [-0.2, 0) is 11.2 Å². The first-order valence-electron chi connectivity index (χ1n) is 6.56. The molecule has 0 saturated heterocycles. The fourth-order valence-electron chi connectivity index (χ4n) is 1.86. The van der Waals surface area contributed by atoms with E-state index in [9.17, 15) is 20.1 Å². The zero-order chi connectivity index (χ0) is 16.1. The van der Waals surface area contributed by atoms with Gasteiger partial charge in [0, 0.05) is 6.42 Å². The Hall–Kier alpha value is -2.89. The summed E-state index contributed by atoms with van der Waals surface area (Å²) in [6.45, 7) is 0.146. The van der Waals surface area contributed by atoms with Crippen molar-refractivity contribution in [2.24, 2.45) is 0 Å².